The molecule has 4 aromatic carbocycles. The summed E-state index contributed by atoms with van der Waals surface area (Å²) in [4.78, 5) is 38.1. The predicted molar refractivity (Wildman–Crippen MR) is 189 cm³/mol. The molecule has 264 valence electrons. The number of aromatic nitrogens is 3. The molecule has 1 aromatic heterocycles. The lowest BCUT2D eigenvalue weighted by Gasteiger charge is -2.12. The van der Waals surface area contributed by atoms with Crippen LogP contribution in [-0.4, -0.2) is 64.7 Å². The van der Waals surface area contributed by atoms with Crippen LogP contribution in [0.25, 0.3) is 0 Å². The van der Waals surface area contributed by atoms with Gasteiger partial charge >= 0.3 is 0 Å². The number of benzene rings is 4. The van der Waals surface area contributed by atoms with Gasteiger partial charge in [-0.1, -0.05) is 36.4 Å². The van der Waals surface area contributed by atoms with E-state index < -0.39 is 17.5 Å². The van der Waals surface area contributed by atoms with E-state index in [1.54, 1.807) is 48.5 Å². The molecule has 1 heterocycles. The van der Waals surface area contributed by atoms with E-state index in [4.69, 9.17) is 9.47 Å². The van der Waals surface area contributed by atoms with Crippen molar-refractivity contribution in [1.82, 2.24) is 20.3 Å². The molecule has 0 aliphatic rings. The Labute approximate surface area is 293 Å². The van der Waals surface area contributed by atoms with E-state index in [0.717, 1.165) is 12.1 Å². The number of halogens is 2. The van der Waals surface area contributed by atoms with Crippen molar-refractivity contribution in [1.29, 1.82) is 0 Å². The molecule has 12 nitrogen and oxygen atoms in total. The molecule has 0 spiro atoms. The first kappa shape index (κ1) is 36.3. The number of carbonyl (C=O) groups excluding carboxylic acids is 2. The number of Topliss-reactive ketones (excluding diaryl/α,β-unsaturated/α-hetero) is 1. The number of aromatic hydroxyl groups is 1. The highest BCUT2D eigenvalue weighted by molar-refractivity contribution is 5.96. The van der Waals surface area contributed by atoms with E-state index >= 15 is 0 Å². The van der Waals surface area contributed by atoms with Crippen molar-refractivity contribution in [3.8, 4) is 5.75 Å². The van der Waals surface area contributed by atoms with Crippen LogP contribution in [0, 0.1) is 11.6 Å². The average Bonchev–Trinajstić information content (AvgIpc) is 3.13. The summed E-state index contributed by atoms with van der Waals surface area (Å²) < 4.78 is 39.1. The van der Waals surface area contributed by atoms with Gasteiger partial charge in [-0.2, -0.15) is 15.0 Å². The fourth-order valence-electron chi connectivity index (χ4n) is 4.71. The third-order valence-corrected chi connectivity index (χ3v) is 7.34. The SMILES string of the molecule is O=C(CCCOCCOCCNc1nc(Nc2ccc(O)cc2)nc(Nc2ccc(C(=O)NCc3c(F)cccc3F)cc2)n1)c1ccccc1. The fourth-order valence-corrected chi connectivity index (χ4v) is 4.71. The minimum absolute atomic E-state index is 0.0936. The summed E-state index contributed by atoms with van der Waals surface area (Å²) in [7, 11) is 0. The van der Waals surface area contributed by atoms with Gasteiger partial charge in [0.05, 0.1) is 19.8 Å². The third kappa shape index (κ3) is 11.5. The van der Waals surface area contributed by atoms with Gasteiger partial charge in [0.1, 0.15) is 17.4 Å². The van der Waals surface area contributed by atoms with Crippen molar-refractivity contribution in [2.45, 2.75) is 19.4 Å². The molecule has 0 unspecified atom stereocenters. The zero-order valence-corrected chi connectivity index (χ0v) is 27.6. The Morgan fingerprint density at radius 3 is 1.88 bits per heavy atom. The molecule has 0 aliphatic carbocycles. The predicted octanol–water partition coefficient (Wildman–Crippen LogP) is 6.38. The molecule has 1 amide bonds. The van der Waals surface area contributed by atoms with Crippen LogP contribution in [0.2, 0.25) is 0 Å². The van der Waals surface area contributed by atoms with Gasteiger partial charge in [-0.25, -0.2) is 8.78 Å². The maximum Gasteiger partial charge on any atom is 0.251 e. The molecule has 5 aromatic rings. The van der Waals surface area contributed by atoms with Crippen molar-refractivity contribution in [2.24, 2.45) is 0 Å². The number of anilines is 5. The van der Waals surface area contributed by atoms with E-state index in [0.29, 0.717) is 62.8 Å². The van der Waals surface area contributed by atoms with E-state index in [1.807, 2.05) is 18.2 Å². The lowest BCUT2D eigenvalue weighted by molar-refractivity contribution is 0.0497. The molecular weight excluding hydrogens is 660 g/mol. The lowest BCUT2D eigenvalue weighted by Crippen LogP contribution is -2.23. The molecule has 5 N–H and O–H groups in total. The van der Waals surface area contributed by atoms with Crippen molar-refractivity contribution in [3.63, 3.8) is 0 Å². The molecule has 14 heteroatoms. The highest BCUT2D eigenvalue weighted by Gasteiger charge is 2.13. The van der Waals surface area contributed by atoms with Crippen LogP contribution >= 0.6 is 0 Å². The van der Waals surface area contributed by atoms with Crippen LogP contribution in [0.4, 0.5) is 38.0 Å². The summed E-state index contributed by atoms with van der Waals surface area (Å²) >= 11 is 0. The molecular formula is C37H37F2N7O5. The summed E-state index contributed by atoms with van der Waals surface area (Å²) in [6.07, 6.45) is 1.05. The first-order chi connectivity index (χ1) is 24.8. The van der Waals surface area contributed by atoms with E-state index in [1.165, 1.54) is 18.2 Å². The summed E-state index contributed by atoms with van der Waals surface area (Å²) in [5, 5.41) is 21.4. The van der Waals surface area contributed by atoms with Gasteiger partial charge in [-0.05, 0) is 67.1 Å². The van der Waals surface area contributed by atoms with Crippen molar-refractivity contribution >= 4 is 40.9 Å². The van der Waals surface area contributed by atoms with Crippen LogP contribution < -0.4 is 21.3 Å². The number of carbonyl (C=O) groups is 2. The second-order valence-electron chi connectivity index (χ2n) is 11.1. The van der Waals surface area contributed by atoms with Crippen molar-refractivity contribution < 1.29 is 33.0 Å². The summed E-state index contributed by atoms with van der Waals surface area (Å²) in [5.74, 6) is -1.10. The second-order valence-corrected chi connectivity index (χ2v) is 11.1. The largest absolute Gasteiger partial charge is 0.508 e. The van der Waals surface area contributed by atoms with Gasteiger partial charge < -0.3 is 35.8 Å². The van der Waals surface area contributed by atoms with E-state index in [9.17, 15) is 23.5 Å². The number of nitrogens with zero attached hydrogens (tertiary/aromatic N) is 3. The van der Waals surface area contributed by atoms with E-state index in [2.05, 4.69) is 36.2 Å². The molecule has 0 aliphatic heterocycles. The molecule has 0 saturated carbocycles. The normalized spacial score (nSPS) is 10.8. The highest BCUT2D eigenvalue weighted by atomic mass is 19.1. The molecule has 0 fully saturated rings. The third-order valence-electron chi connectivity index (χ3n) is 7.34. The minimum atomic E-state index is -0.737. The van der Waals surface area contributed by atoms with Crippen LogP contribution in [0.1, 0.15) is 39.1 Å². The molecule has 0 bridgehead atoms. The number of amides is 1. The van der Waals surface area contributed by atoms with Gasteiger partial charge in [-0.3, -0.25) is 9.59 Å². The number of phenolic OH excluding ortho intramolecular Hbond substituents is 1. The first-order valence-electron chi connectivity index (χ1n) is 16.2. The summed E-state index contributed by atoms with van der Waals surface area (Å²) in [6, 6.07) is 25.5. The molecule has 5 rings (SSSR count). The Hall–Kier alpha value is -5.99. The quantitative estimate of drug-likeness (QED) is 0.0370. The Morgan fingerprint density at radius 1 is 0.647 bits per heavy atom. The van der Waals surface area contributed by atoms with Crippen LogP contribution in [0.15, 0.2) is 97.1 Å². The number of phenols is 1. The van der Waals surface area contributed by atoms with Crippen molar-refractivity contribution in [2.75, 3.05) is 48.9 Å². The number of ketones is 1. The lowest BCUT2D eigenvalue weighted by atomic mass is 10.1. The molecule has 0 radical (unpaired) electrons. The van der Waals surface area contributed by atoms with Crippen molar-refractivity contribution in [3.05, 3.63) is 125 Å². The summed E-state index contributed by atoms with van der Waals surface area (Å²) in [6.45, 7) is 1.66. The van der Waals surface area contributed by atoms with Gasteiger partial charge in [0.15, 0.2) is 5.78 Å². The molecule has 0 atom stereocenters. The Kier molecular flexibility index (Phi) is 13.3. The van der Waals surface area contributed by atoms with E-state index in [-0.39, 0.29) is 47.0 Å². The monoisotopic (exact) mass is 697 g/mol. The second kappa shape index (κ2) is 18.7. The smallest absolute Gasteiger partial charge is 0.251 e. The average molecular weight is 698 g/mol. The van der Waals surface area contributed by atoms with Crippen LogP contribution in [-0.2, 0) is 16.0 Å². The number of nitrogens with one attached hydrogen (secondary N) is 4. The topological polar surface area (TPSA) is 160 Å². The maximum atomic E-state index is 13.9. The first-order valence-corrected chi connectivity index (χ1v) is 16.2. The number of ether oxygens (including phenoxy) is 2. The van der Waals surface area contributed by atoms with Gasteiger partial charge in [0.2, 0.25) is 17.8 Å². The molecule has 51 heavy (non-hydrogen) atoms. The highest BCUT2D eigenvalue weighted by Crippen LogP contribution is 2.21. The maximum absolute atomic E-state index is 13.9. The Morgan fingerprint density at radius 2 is 1.24 bits per heavy atom. The van der Waals surface area contributed by atoms with Gasteiger partial charge in [-0.15, -0.1) is 0 Å². The summed E-state index contributed by atoms with van der Waals surface area (Å²) in [5.41, 5.74) is 1.96. The van der Waals surface area contributed by atoms with Gasteiger partial charge in [0.25, 0.3) is 5.91 Å². The van der Waals surface area contributed by atoms with Crippen LogP contribution in [0.3, 0.4) is 0 Å². The van der Waals surface area contributed by atoms with Gasteiger partial charge in [0, 0.05) is 54.2 Å². The number of rotatable bonds is 19. The zero-order valence-electron chi connectivity index (χ0n) is 27.6. The Bertz CT molecular complexity index is 1860. The zero-order chi connectivity index (χ0) is 35.8. The molecule has 0 saturated heterocycles. The van der Waals surface area contributed by atoms with Crippen LogP contribution in [0.5, 0.6) is 5.75 Å². The fraction of sp³-hybridized carbons (Fsp3) is 0.216. The number of hydrogen-bond donors (Lipinski definition) is 5. The Balaban J connectivity index is 1.10. The number of hydrogen-bond acceptors (Lipinski definition) is 11. The standard InChI is InChI=1S/C37H37F2N7O5/c38-31-8-4-9-32(39)30(31)24-41-34(49)26-11-13-27(14-12-26)42-36-44-35(45-37(46-36)43-28-15-17-29(47)18-16-28)40-19-21-51-23-22-50-20-5-10-33(48)25-6-2-1-3-7-25/h1-4,6-9,11-18,47H,5,10,19-24H2,(H,41,49)(H3,40,42,43,44,45,46). The minimum Gasteiger partial charge on any atom is -0.508 e.